The molecule has 0 spiro atoms. The highest BCUT2D eigenvalue weighted by Crippen LogP contribution is 2.33. The second-order valence-corrected chi connectivity index (χ2v) is 5.94. The summed E-state index contributed by atoms with van der Waals surface area (Å²) < 4.78 is 5.38. The summed E-state index contributed by atoms with van der Waals surface area (Å²) in [4.78, 5) is 13.9. The third kappa shape index (κ3) is 2.12. The van der Waals surface area contributed by atoms with E-state index in [-0.39, 0.29) is 12.5 Å². The Hall–Kier alpha value is -1.75. The van der Waals surface area contributed by atoms with E-state index in [2.05, 4.69) is 15.5 Å². The zero-order valence-corrected chi connectivity index (χ0v) is 11.4. The van der Waals surface area contributed by atoms with Crippen LogP contribution in [0, 0.1) is 5.92 Å². The zero-order chi connectivity index (χ0) is 13.5. The number of hydrogen-bond acceptors (Lipinski definition) is 4. The van der Waals surface area contributed by atoms with Gasteiger partial charge in [-0.3, -0.25) is 4.79 Å². The van der Waals surface area contributed by atoms with E-state index in [1.807, 2.05) is 18.2 Å². The van der Waals surface area contributed by atoms with Crippen molar-refractivity contribution >= 4 is 17.3 Å². The lowest BCUT2D eigenvalue weighted by Gasteiger charge is -2.32. The largest absolute Gasteiger partial charge is 0.482 e. The van der Waals surface area contributed by atoms with E-state index in [4.69, 9.17) is 4.74 Å². The van der Waals surface area contributed by atoms with Crippen molar-refractivity contribution < 1.29 is 9.53 Å². The number of rotatable bonds is 2. The van der Waals surface area contributed by atoms with Gasteiger partial charge in [0, 0.05) is 24.8 Å². The van der Waals surface area contributed by atoms with Crippen LogP contribution in [0.4, 0.5) is 11.4 Å². The molecule has 2 N–H and O–H groups in total. The van der Waals surface area contributed by atoms with Crippen LogP contribution in [0.1, 0.15) is 12.8 Å². The Morgan fingerprint density at radius 1 is 1.30 bits per heavy atom. The van der Waals surface area contributed by atoms with Gasteiger partial charge in [-0.15, -0.1) is 0 Å². The highest BCUT2D eigenvalue weighted by molar-refractivity contribution is 5.96. The van der Waals surface area contributed by atoms with Crippen LogP contribution in [-0.4, -0.2) is 43.1 Å². The van der Waals surface area contributed by atoms with E-state index < -0.39 is 0 Å². The maximum atomic E-state index is 11.4. The first-order chi connectivity index (χ1) is 9.78. The van der Waals surface area contributed by atoms with Gasteiger partial charge in [-0.25, -0.2) is 0 Å². The lowest BCUT2D eigenvalue weighted by atomic mass is 9.94. The number of hydrogen-bond donors (Lipinski definition) is 2. The van der Waals surface area contributed by atoms with Gasteiger partial charge in [-0.2, -0.15) is 0 Å². The summed E-state index contributed by atoms with van der Waals surface area (Å²) in [6.45, 7) is 3.78. The molecule has 106 valence electrons. The van der Waals surface area contributed by atoms with Crippen molar-refractivity contribution in [3.8, 4) is 5.75 Å². The average Bonchev–Trinajstić information content (AvgIpc) is 2.84. The summed E-state index contributed by atoms with van der Waals surface area (Å²) in [5.41, 5.74) is 1.84. The molecule has 3 heterocycles. The fraction of sp³-hybridized carbons (Fsp3) is 0.533. The molecular weight excluding hydrogens is 254 g/mol. The minimum Gasteiger partial charge on any atom is -0.482 e. The lowest BCUT2D eigenvalue weighted by Crippen LogP contribution is -2.39. The highest BCUT2D eigenvalue weighted by Gasteiger charge is 2.34. The summed E-state index contributed by atoms with van der Waals surface area (Å²) in [7, 11) is 0. The molecule has 2 saturated heterocycles. The van der Waals surface area contributed by atoms with Crippen molar-refractivity contribution in [2.45, 2.75) is 18.9 Å². The maximum Gasteiger partial charge on any atom is 0.262 e. The van der Waals surface area contributed by atoms with Gasteiger partial charge < -0.3 is 20.3 Å². The van der Waals surface area contributed by atoms with Crippen molar-refractivity contribution in [3.63, 3.8) is 0 Å². The Labute approximate surface area is 118 Å². The molecule has 1 aromatic rings. The van der Waals surface area contributed by atoms with Gasteiger partial charge >= 0.3 is 0 Å². The van der Waals surface area contributed by atoms with Gasteiger partial charge in [-0.05, 0) is 43.5 Å². The number of carbonyl (C=O) groups excluding carboxylic acids is 1. The Bertz CT molecular complexity index is 546. The second kappa shape index (κ2) is 4.66. The van der Waals surface area contributed by atoms with Crippen molar-refractivity contribution in [2.75, 3.05) is 36.9 Å². The molecule has 20 heavy (non-hydrogen) atoms. The topological polar surface area (TPSA) is 53.6 Å². The summed E-state index contributed by atoms with van der Waals surface area (Å²) in [5, 5.41) is 6.50. The van der Waals surface area contributed by atoms with Crippen molar-refractivity contribution in [2.24, 2.45) is 5.92 Å². The third-order valence-electron chi connectivity index (χ3n) is 4.60. The lowest BCUT2D eigenvalue weighted by molar-refractivity contribution is -0.118. The van der Waals surface area contributed by atoms with Crippen LogP contribution in [0.5, 0.6) is 5.75 Å². The number of nitrogens with one attached hydrogen (secondary N) is 2. The van der Waals surface area contributed by atoms with Crippen LogP contribution in [0.25, 0.3) is 0 Å². The number of nitrogens with zero attached hydrogens (tertiary/aromatic N) is 1. The fourth-order valence-corrected chi connectivity index (χ4v) is 3.53. The molecule has 4 rings (SSSR count). The van der Waals surface area contributed by atoms with Gasteiger partial charge in [0.1, 0.15) is 5.75 Å². The maximum absolute atomic E-state index is 11.4. The average molecular weight is 273 g/mol. The molecule has 1 amide bonds. The van der Waals surface area contributed by atoms with E-state index >= 15 is 0 Å². The molecular formula is C15H19N3O2. The molecule has 2 fully saturated rings. The molecule has 0 aromatic heterocycles. The number of piperidine rings is 1. The first kappa shape index (κ1) is 12.0. The molecule has 2 bridgehead atoms. The Morgan fingerprint density at radius 2 is 2.20 bits per heavy atom. The highest BCUT2D eigenvalue weighted by atomic mass is 16.5. The molecule has 3 aliphatic heterocycles. The summed E-state index contributed by atoms with van der Waals surface area (Å²) in [6, 6.07) is 6.50. The number of anilines is 2. The van der Waals surface area contributed by atoms with Gasteiger partial charge in [0.2, 0.25) is 0 Å². The number of carbonyl (C=O) groups is 1. The van der Waals surface area contributed by atoms with Crippen LogP contribution >= 0.6 is 0 Å². The van der Waals surface area contributed by atoms with Crippen LogP contribution < -0.4 is 15.4 Å². The number of ether oxygens (including phenoxy) is 1. The van der Waals surface area contributed by atoms with Crippen LogP contribution in [0.2, 0.25) is 0 Å². The minimum absolute atomic E-state index is 0.0845. The first-order valence-electron chi connectivity index (χ1n) is 7.33. The Balaban J connectivity index is 1.51. The number of benzene rings is 1. The second-order valence-electron chi connectivity index (χ2n) is 5.94. The fourth-order valence-electron chi connectivity index (χ4n) is 3.53. The van der Waals surface area contributed by atoms with E-state index in [0.717, 1.165) is 23.0 Å². The molecule has 3 aliphatic rings. The monoisotopic (exact) mass is 273 g/mol. The normalized spacial score (nSPS) is 31.2. The quantitative estimate of drug-likeness (QED) is 0.858. The van der Waals surface area contributed by atoms with Gasteiger partial charge in [0.05, 0.1) is 5.69 Å². The SMILES string of the molecule is O=C1COc2ccc(NC3CCN4CCC3C4)cc2N1. The van der Waals surface area contributed by atoms with Gasteiger partial charge in [0.15, 0.2) is 6.61 Å². The van der Waals surface area contributed by atoms with E-state index in [1.54, 1.807) is 0 Å². The van der Waals surface area contributed by atoms with Crippen LogP contribution in [0.3, 0.4) is 0 Å². The van der Waals surface area contributed by atoms with E-state index in [9.17, 15) is 4.79 Å². The first-order valence-corrected chi connectivity index (χ1v) is 7.33. The molecule has 1 aromatic carbocycles. The molecule has 0 radical (unpaired) electrons. The summed E-state index contributed by atoms with van der Waals surface area (Å²) >= 11 is 0. The summed E-state index contributed by atoms with van der Waals surface area (Å²) in [6.07, 6.45) is 2.49. The van der Waals surface area contributed by atoms with Gasteiger partial charge in [-0.1, -0.05) is 0 Å². The Morgan fingerprint density at radius 3 is 3.15 bits per heavy atom. The van der Waals surface area contributed by atoms with Crippen molar-refractivity contribution in [3.05, 3.63) is 18.2 Å². The Kier molecular flexibility index (Phi) is 2.80. The van der Waals surface area contributed by atoms with Gasteiger partial charge in [0.25, 0.3) is 5.91 Å². The molecule has 5 heteroatoms. The predicted molar refractivity (Wildman–Crippen MR) is 77.1 cm³/mol. The van der Waals surface area contributed by atoms with Crippen molar-refractivity contribution in [1.82, 2.24) is 4.90 Å². The molecule has 5 nitrogen and oxygen atoms in total. The summed E-state index contributed by atoms with van der Waals surface area (Å²) in [5.74, 6) is 1.43. The number of fused-ring (bicyclic) bond motifs is 3. The molecule has 0 saturated carbocycles. The molecule has 0 aliphatic carbocycles. The molecule has 3 unspecified atom stereocenters. The third-order valence-corrected chi connectivity index (χ3v) is 4.60. The smallest absolute Gasteiger partial charge is 0.262 e. The predicted octanol–water partition coefficient (Wildman–Crippen LogP) is 1.52. The van der Waals surface area contributed by atoms with Crippen molar-refractivity contribution in [1.29, 1.82) is 0 Å². The minimum atomic E-state index is -0.0845. The zero-order valence-electron chi connectivity index (χ0n) is 11.4. The number of amides is 1. The molecule has 3 atom stereocenters. The standard InChI is InChI=1S/C15H19N3O2/c19-15-9-20-14-2-1-11(7-13(14)17-15)16-12-4-6-18-5-3-10(12)8-18/h1-2,7,10,12,16H,3-6,8-9H2,(H,17,19). The van der Waals surface area contributed by atoms with Crippen LogP contribution in [-0.2, 0) is 4.79 Å². The van der Waals surface area contributed by atoms with E-state index in [0.29, 0.717) is 6.04 Å². The van der Waals surface area contributed by atoms with Crippen LogP contribution in [0.15, 0.2) is 18.2 Å². The van der Waals surface area contributed by atoms with E-state index in [1.165, 1.54) is 32.5 Å².